The average Bonchev–Trinajstić information content (AvgIpc) is 2.99. The molecule has 15 heavy (non-hydrogen) atoms. The Balaban J connectivity index is 2.53. The van der Waals surface area contributed by atoms with Crippen LogP contribution in [0.25, 0.3) is 0 Å². The summed E-state index contributed by atoms with van der Waals surface area (Å²) < 4.78 is 13.5. The van der Waals surface area contributed by atoms with E-state index in [2.05, 4.69) is 4.99 Å². The minimum absolute atomic E-state index is 0.243. The maximum Gasteiger partial charge on any atom is 0.235 e. The van der Waals surface area contributed by atoms with Gasteiger partial charge in [-0.1, -0.05) is 12.1 Å². The van der Waals surface area contributed by atoms with Crippen LogP contribution in [-0.2, 0) is 10.3 Å². The summed E-state index contributed by atoms with van der Waals surface area (Å²) in [6, 6.07) is 4.92. The van der Waals surface area contributed by atoms with Gasteiger partial charge in [0.1, 0.15) is 5.82 Å². The first-order chi connectivity index (χ1) is 7.23. The van der Waals surface area contributed by atoms with E-state index in [4.69, 9.17) is 0 Å². The number of carbonyl (C=O) groups excluding carboxylic acids is 1. The molecule has 0 aromatic heterocycles. The van der Waals surface area contributed by atoms with Crippen molar-refractivity contribution in [2.75, 3.05) is 6.26 Å². The van der Waals surface area contributed by atoms with Gasteiger partial charge in [0.05, 0.1) is 5.54 Å². The van der Waals surface area contributed by atoms with Crippen LogP contribution < -0.4 is 0 Å². The first-order valence-corrected chi connectivity index (χ1v) is 5.88. The number of isocyanates is 1. The lowest BCUT2D eigenvalue weighted by atomic mass is 10.1. The molecule has 0 N–H and O–H groups in total. The van der Waals surface area contributed by atoms with Crippen molar-refractivity contribution in [2.45, 2.75) is 23.3 Å². The molecule has 0 unspecified atom stereocenters. The molecule has 1 saturated carbocycles. The van der Waals surface area contributed by atoms with E-state index in [0.29, 0.717) is 4.90 Å². The van der Waals surface area contributed by atoms with E-state index >= 15 is 0 Å². The van der Waals surface area contributed by atoms with Gasteiger partial charge in [0, 0.05) is 4.90 Å². The molecule has 0 bridgehead atoms. The highest BCUT2D eigenvalue weighted by Crippen LogP contribution is 2.52. The quantitative estimate of drug-likeness (QED) is 0.448. The summed E-state index contributed by atoms with van der Waals surface area (Å²) in [6.07, 6.45) is 5.01. The minimum Gasteiger partial charge on any atom is -0.211 e. The molecular formula is C11H10FNOS. The van der Waals surface area contributed by atoms with Crippen LogP contribution in [-0.4, -0.2) is 12.3 Å². The zero-order valence-corrected chi connectivity index (χ0v) is 9.10. The smallest absolute Gasteiger partial charge is 0.211 e. The number of hydrogen-bond donors (Lipinski definition) is 0. The third-order valence-electron chi connectivity index (χ3n) is 2.66. The van der Waals surface area contributed by atoms with Gasteiger partial charge in [0.25, 0.3) is 0 Å². The first kappa shape index (κ1) is 10.4. The monoisotopic (exact) mass is 223 g/mol. The number of thioether (sulfide) groups is 1. The maximum atomic E-state index is 13.5. The first-order valence-electron chi connectivity index (χ1n) is 4.65. The van der Waals surface area contributed by atoms with Crippen LogP contribution in [0.4, 0.5) is 4.39 Å². The zero-order valence-electron chi connectivity index (χ0n) is 8.29. The number of halogens is 1. The molecule has 2 rings (SSSR count). The summed E-state index contributed by atoms with van der Waals surface area (Å²) >= 11 is 1.35. The van der Waals surface area contributed by atoms with E-state index < -0.39 is 5.54 Å². The lowest BCUT2D eigenvalue weighted by molar-refractivity contribution is 0.552. The fraction of sp³-hybridized carbons (Fsp3) is 0.364. The van der Waals surface area contributed by atoms with E-state index in [0.717, 1.165) is 18.4 Å². The topological polar surface area (TPSA) is 29.4 Å². The Hall–Kier alpha value is -1.12. The molecule has 0 amide bonds. The zero-order chi connectivity index (χ0) is 10.9. The SMILES string of the molecule is CSc1c(F)cccc1C1(N=C=O)CC1. The minimum atomic E-state index is -0.484. The van der Waals surface area contributed by atoms with E-state index in [1.165, 1.54) is 17.8 Å². The molecule has 0 heterocycles. The molecule has 1 aliphatic rings. The fourth-order valence-electron chi connectivity index (χ4n) is 1.73. The standard InChI is InChI=1S/C11H10FNOS/c1-15-10-8(3-2-4-9(10)12)11(5-6-11)13-7-14/h2-4H,5-6H2,1H3. The maximum absolute atomic E-state index is 13.5. The molecule has 2 nitrogen and oxygen atoms in total. The van der Waals surface area contributed by atoms with Gasteiger partial charge in [0.2, 0.25) is 6.08 Å². The highest BCUT2D eigenvalue weighted by atomic mass is 32.2. The van der Waals surface area contributed by atoms with Crippen LogP contribution in [0.15, 0.2) is 28.1 Å². The highest BCUT2D eigenvalue weighted by Gasteiger charge is 2.46. The van der Waals surface area contributed by atoms with E-state index in [1.54, 1.807) is 12.1 Å². The molecule has 0 atom stereocenters. The Kier molecular flexibility index (Phi) is 2.63. The number of benzene rings is 1. The summed E-state index contributed by atoms with van der Waals surface area (Å²) in [5.74, 6) is -0.243. The second-order valence-corrected chi connectivity index (χ2v) is 4.37. The lowest BCUT2D eigenvalue weighted by Crippen LogP contribution is -2.05. The molecule has 0 saturated heterocycles. The van der Waals surface area contributed by atoms with Gasteiger partial charge >= 0.3 is 0 Å². The third-order valence-corrected chi connectivity index (χ3v) is 3.48. The van der Waals surface area contributed by atoms with Crippen molar-refractivity contribution < 1.29 is 9.18 Å². The van der Waals surface area contributed by atoms with E-state index in [-0.39, 0.29) is 5.82 Å². The van der Waals surface area contributed by atoms with Crippen molar-refractivity contribution in [3.63, 3.8) is 0 Å². The summed E-state index contributed by atoms with van der Waals surface area (Å²) in [4.78, 5) is 14.7. The Labute approximate surface area is 91.6 Å². The van der Waals surface area contributed by atoms with Crippen molar-refractivity contribution in [3.05, 3.63) is 29.6 Å². The number of hydrogen-bond acceptors (Lipinski definition) is 3. The summed E-state index contributed by atoms with van der Waals surface area (Å²) in [5.41, 5.74) is 0.334. The average molecular weight is 223 g/mol. The van der Waals surface area contributed by atoms with Gasteiger partial charge in [0.15, 0.2) is 0 Å². The lowest BCUT2D eigenvalue weighted by Gasteiger charge is -2.13. The van der Waals surface area contributed by atoms with Crippen LogP contribution in [0.1, 0.15) is 18.4 Å². The number of nitrogens with zero attached hydrogens (tertiary/aromatic N) is 1. The van der Waals surface area contributed by atoms with Crippen LogP contribution in [0.2, 0.25) is 0 Å². The molecule has 1 fully saturated rings. The second kappa shape index (κ2) is 3.80. The molecular weight excluding hydrogens is 213 g/mol. The van der Waals surface area contributed by atoms with Gasteiger partial charge in [-0.05, 0) is 30.7 Å². The molecule has 0 radical (unpaired) electrons. The Morgan fingerprint density at radius 1 is 1.53 bits per heavy atom. The fourth-order valence-corrected chi connectivity index (χ4v) is 2.47. The van der Waals surface area contributed by atoms with E-state index in [1.807, 2.05) is 12.3 Å². The largest absolute Gasteiger partial charge is 0.235 e. The molecule has 1 aromatic carbocycles. The van der Waals surface area contributed by atoms with Gasteiger partial charge in [-0.25, -0.2) is 9.18 Å². The van der Waals surface area contributed by atoms with Crippen molar-refractivity contribution in [3.8, 4) is 0 Å². The predicted octanol–water partition coefficient (Wildman–Crippen LogP) is 2.87. The second-order valence-electron chi connectivity index (χ2n) is 3.56. The van der Waals surface area contributed by atoms with Crippen molar-refractivity contribution in [1.29, 1.82) is 0 Å². The van der Waals surface area contributed by atoms with Gasteiger partial charge in [-0.3, -0.25) is 0 Å². The number of aliphatic imine (C=N–C) groups is 1. The molecule has 0 spiro atoms. The summed E-state index contributed by atoms with van der Waals surface area (Å²) in [7, 11) is 0. The third kappa shape index (κ3) is 1.71. The van der Waals surface area contributed by atoms with Gasteiger partial charge in [-0.2, -0.15) is 4.99 Å². The molecule has 4 heteroatoms. The summed E-state index contributed by atoms with van der Waals surface area (Å²) in [5, 5.41) is 0. The van der Waals surface area contributed by atoms with Crippen LogP contribution >= 0.6 is 11.8 Å². The molecule has 78 valence electrons. The molecule has 1 aromatic rings. The van der Waals surface area contributed by atoms with Gasteiger partial charge in [-0.15, -0.1) is 11.8 Å². The Bertz CT molecular complexity index is 436. The van der Waals surface area contributed by atoms with E-state index in [9.17, 15) is 9.18 Å². The van der Waals surface area contributed by atoms with Crippen molar-refractivity contribution >= 4 is 17.8 Å². The van der Waals surface area contributed by atoms with Gasteiger partial charge < -0.3 is 0 Å². The Morgan fingerprint density at radius 2 is 2.27 bits per heavy atom. The molecule has 0 aliphatic heterocycles. The van der Waals surface area contributed by atoms with Crippen LogP contribution in [0.5, 0.6) is 0 Å². The summed E-state index contributed by atoms with van der Waals surface area (Å²) in [6.45, 7) is 0. The molecule has 1 aliphatic carbocycles. The number of rotatable bonds is 3. The highest BCUT2D eigenvalue weighted by molar-refractivity contribution is 7.98. The van der Waals surface area contributed by atoms with Crippen LogP contribution in [0.3, 0.4) is 0 Å². The Morgan fingerprint density at radius 3 is 2.80 bits per heavy atom. The normalized spacial score (nSPS) is 16.9. The predicted molar refractivity (Wildman–Crippen MR) is 57.2 cm³/mol. The van der Waals surface area contributed by atoms with Crippen molar-refractivity contribution in [1.82, 2.24) is 0 Å². The van der Waals surface area contributed by atoms with Crippen LogP contribution in [0, 0.1) is 5.82 Å². The van der Waals surface area contributed by atoms with Crippen molar-refractivity contribution in [2.24, 2.45) is 4.99 Å².